The van der Waals surface area contributed by atoms with Crippen molar-refractivity contribution in [3.8, 4) is 0 Å². The van der Waals surface area contributed by atoms with E-state index in [-0.39, 0.29) is 5.56 Å². The molecule has 0 heterocycles. The van der Waals surface area contributed by atoms with Gasteiger partial charge in [-0.2, -0.15) is 8.78 Å². The predicted molar refractivity (Wildman–Crippen MR) is 97.7 cm³/mol. The number of ether oxygens (including phenoxy) is 1. The molecule has 0 unspecified atom stereocenters. The maximum Gasteiger partial charge on any atom is 0.341 e. The third-order valence-corrected chi connectivity index (χ3v) is 5.26. The number of carbonyl (C=O) groups is 2. The molecule has 0 aromatic heterocycles. The molecule has 0 bridgehead atoms. The van der Waals surface area contributed by atoms with Gasteiger partial charge in [0.1, 0.15) is 0 Å². The molecule has 0 spiro atoms. The molecule has 0 saturated carbocycles. The first-order valence-corrected chi connectivity index (χ1v) is 9.91. The number of amides is 1. The van der Waals surface area contributed by atoms with E-state index in [1.54, 1.807) is 0 Å². The zero-order valence-electron chi connectivity index (χ0n) is 15.0. The second-order valence-electron chi connectivity index (χ2n) is 5.90. The minimum Gasteiger partial charge on any atom is -0.449 e. The lowest BCUT2D eigenvalue weighted by atomic mass is 10.1. The molecule has 0 aliphatic heterocycles. The standard InChI is InChI=1S/C19H19F2NO5S/c1-13(17(23)22-12-11-14-5-3-2-4-6-14)27-18(24)15-7-9-16(10-8-15)28(25,26)19(20)21/h2-10,13,19H,11-12H2,1H3,(H,22,23)/t13-/m1/s1. The van der Waals surface area contributed by atoms with Crippen LogP contribution in [0.25, 0.3) is 0 Å². The molecule has 0 aliphatic carbocycles. The molecule has 2 aromatic rings. The van der Waals surface area contributed by atoms with Crippen molar-refractivity contribution in [1.82, 2.24) is 5.32 Å². The van der Waals surface area contributed by atoms with Crippen LogP contribution in [0.3, 0.4) is 0 Å². The SMILES string of the molecule is C[C@@H](OC(=O)c1ccc(S(=O)(=O)C(F)F)cc1)C(=O)NCCc1ccccc1. The van der Waals surface area contributed by atoms with E-state index in [9.17, 15) is 26.8 Å². The molecular formula is C19H19F2NO5S. The summed E-state index contributed by atoms with van der Waals surface area (Å²) in [4.78, 5) is 23.5. The van der Waals surface area contributed by atoms with Gasteiger partial charge in [0.15, 0.2) is 6.10 Å². The van der Waals surface area contributed by atoms with Crippen LogP contribution in [-0.4, -0.2) is 38.7 Å². The predicted octanol–water partition coefficient (Wildman–Crippen LogP) is 2.59. The van der Waals surface area contributed by atoms with Crippen molar-refractivity contribution in [1.29, 1.82) is 0 Å². The van der Waals surface area contributed by atoms with Gasteiger partial charge < -0.3 is 10.1 Å². The number of esters is 1. The summed E-state index contributed by atoms with van der Waals surface area (Å²) in [6.45, 7) is 1.76. The summed E-state index contributed by atoms with van der Waals surface area (Å²) in [5, 5.41) is 2.65. The van der Waals surface area contributed by atoms with Crippen molar-refractivity contribution in [3.05, 3.63) is 65.7 Å². The largest absolute Gasteiger partial charge is 0.449 e. The summed E-state index contributed by atoms with van der Waals surface area (Å²) in [5.74, 6) is -4.90. The molecular weight excluding hydrogens is 392 g/mol. The van der Waals surface area contributed by atoms with E-state index in [4.69, 9.17) is 4.74 Å². The second kappa shape index (κ2) is 9.41. The normalized spacial score (nSPS) is 12.4. The van der Waals surface area contributed by atoms with Crippen LogP contribution in [0, 0.1) is 0 Å². The lowest BCUT2D eigenvalue weighted by molar-refractivity contribution is -0.129. The van der Waals surface area contributed by atoms with E-state index in [0.29, 0.717) is 13.0 Å². The summed E-state index contributed by atoms with van der Waals surface area (Å²) in [5.41, 5.74) is 0.989. The molecule has 1 N–H and O–H groups in total. The van der Waals surface area contributed by atoms with Gasteiger partial charge in [0, 0.05) is 6.54 Å². The fourth-order valence-electron chi connectivity index (χ4n) is 2.28. The highest BCUT2D eigenvalue weighted by atomic mass is 32.2. The fraction of sp³-hybridized carbons (Fsp3) is 0.263. The number of carbonyl (C=O) groups excluding carboxylic acids is 2. The molecule has 28 heavy (non-hydrogen) atoms. The zero-order valence-corrected chi connectivity index (χ0v) is 15.8. The average molecular weight is 411 g/mol. The number of sulfone groups is 1. The van der Waals surface area contributed by atoms with Crippen LogP contribution in [0.15, 0.2) is 59.5 Å². The molecule has 0 fully saturated rings. The number of hydrogen-bond acceptors (Lipinski definition) is 5. The monoisotopic (exact) mass is 411 g/mol. The molecule has 1 amide bonds. The lowest BCUT2D eigenvalue weighted by Crippen LogP contribution is -2.36. The van der Waals surface area contributed by atoms with Crippen LogP contribution in [0.1, 0.15) is 22.8 Å². The van der Waals surface area contributed by atoms with Gasteiger partial charge in [-0.3, -0.25) is 4.79 Å². The highest BCUT2D eigenvalue weighted by Gasteiger charge is 2.27. The Hall–Kier alpha value is -2.81. The smallest absolute Gasteiger partial charge is 0.341 e. The Balaban J connectivity index is 1.88. The molecule has 0 radical (unpaired) electrons. The minimum atomic E-state index is -4.74. The summed E-state index contributed by atoms with van der Waals surface area (Å²) in [7, 11) is -4.74. The minimum absolute atomic E-state index is 0.0582. The summed E-state index contributed by atoms with van der Waals surface area (Å²) in [6.07, 6.45) is -0.458. The Morgan fingerprint density at radius 2 is 1.64 bits per heavy atom. The molecule has 9 heteroatoms. The van der Waals surface area contributed by atoms with Gasteiger partial charge in [0.05, 0.1) is 10.5 Å². The number of benzene rings is 2. The Bertz CT molecular complexity index is 915. The lowest BCUT2D eigenvalue weighted by Gasteiger charge is -2.14. The highest BCUT2D eigenvalue weighted by molar-refractivity contribution is 7.91. The van der Waals surface area contributed by atoms with Crippen LogP contribution in [0.2, 0.25) is 0 Å². The van der Waals surface area contributed by atoms with Gasteiger partial charge >= 0.3 is 11.7 Å². The first kappa shape index (κ1) is 21.5. The van der Waals surface area contributed by atoms with Crippen LogP contribution in [0.5, 0.6) is 0 Å². The van der Waals surface area contributed by atoms with Crippen molar-refractivity contribution >= 4 is 21.7 Å². The molecule has 2 aromatic carbocycles. The topological polar surface area (TPSA) is 89.5 Å². The fourth-order valence-corrected chi connectivity index (χ4v) is 3.01. The summed E-state index contributed by atoms with van der Waals surface area (Å²) in [6, 6.07) is 13.4. The number of nitrogens with one attached hydrogen (secondary N) is 1. The van der Waals surface area contributed by atoms with E-state index in [2.05, 4.69) is 5.32 Å². The van der Waals surface area contributed by atoms with Crippen LogP contribution >= 0.6 is 0 Å². The van der Waals surface area contributed by atoms with Gasteiger partial charge in [-0.05, 0) is 43.2 Å². The Labute approximate surface area is 161 Å². The maximum atomic E-state index is 12.5. The Morgan fingerprint density at radius 3 is 2.21 bits per heavy atom. The van der Waals surface area contributed by atoms with Crippen LogP contribution in [-0.2, 0) is 25.8 Å². The van der Waals surface area contributed by atoms with E-state index in [0.717, 1.165) is 29.8 Å². The van der Waals surface area contributed by atoms with Crippen molar-refractivity contribution in [2.45, 2.75) is 30.1 Å². The van der Waals surface area contributed by atoms with Gasteiger partial charge in [0.25, 0.3) is 5.91 Å². The van der Waals surface area contributed by atoms with Crippen LogP contribution in [0.4, 0.5) is 8.78 Å². The van der Waals surface area contributed by atoms with E-state index >= 15 is 0 Å². The molecule has 0 saturated heterocycles. The number of halogens is 2. The van der Waals surface area contributed by atoms with Crippen molar-refractivity contribution in [2.75, 3.05) is 6.54 Å². The maximum absolute atomic E-state index is 12.5. The molecule has 0 aliphatic rings. The summed E-state index contributed by atoms with van der Waals surface area (Å²) < 4.78 is 52.8. The quantitative estimate of drug-likeness (QED) is 0.675. The zero-order chi connectivity index (χ0) is 20.7. The first-order chi connectivity index (χ1) is 13.2. The third kappa shape index (κ3) is 5.59. The van der Waals surface area contributed by atoms with Gasteiger partial charge in [0.2, 0.25) is 9.84 Å². The van der Waals surface area contributed by atoms with E-state index in [1.807, 2.05) is 30.3 Å². The Kier molecular flexibility index (Phi) is 7.22. The highest BCUT2D eigenvalue weighted by Crippen LogP contribution is 2.19. The first-order valence-electron chi connectivity index (χ1n) is 8.36. The van der Waals surface area contributed by atoms with E-state index in [1.165, 1.54) is 6.92 Å². The molecule has 6 nitrogen and oxygen atoms in total. The molecule has 1 atom stereocenters. The number of hydrogen-bond donors (Lipinski definition) is 1. The molecule has 2 rings (SSSR count). The number of rotatable bonds is 8. The summed E-state index contributed by atoms with van der Waals surface area (Å²) >= 11 is 0. The number of alkyl halides is 2. The van der Waals surface area contributed by atoms with Crippen molar-refractivity contribution in [3.63, 3.8) is 0 Å². The van der Waals surface area contributed by atoms with E-state index < -0.39 is 38.5 Å². The Morgan fingerprint density at radius 1 is 1.04 bits per heavy atom. The van der Waals surface area contributed by atoms with Crippen molar-refractivity contribution < 1.29 is 31.5 Å². The third-order valence-electron chi connectivity index (χ3n) is 3.86. The van der Waals surface area contributed by atoms with Crippen LogP contribution < -0.4 is 5.32 Å². The van der Waals surface area contributed by atoms with Gasteiger partial charge in [-0.25, -0.2) is 13.2 Å². The van der Waals surface area contributed by atoms with Crippen molar-refractivity contribution in [2.24, 2.45) is 0 Å². The van der Waals surface area contributed by atoms with Gasteiger partial charge in [-0.15, -0.1) is 0 Å². The van der Waals surface area contributed by atoms with Gasteiger partial charge in [-0.1, -0.05) is 30.3 Å². The average Bonchev–Trinajstić information content (AvgIpc) is 2.68. The molecule has 150 valence electrons. The second-order valence-corrected chi connectivity index (χ2v) is 7.82.